The number of phenols is 2. The summed E-state index contributed by atoms with van der Waals surface area (Å²) < 4.78 is 0. The Labute approximate surface area is 108 Å². The molecule has 6 heteroatoms. The van der Waals surface area contributed by atoms with Gasteiger partial charge in [-0.2, -0.15) is 0 Å². The number of aromatic nitrogens is 1. The van der Waals surface area contributed by atoms with E-state index in [9.17, 15) is 9.90 Å². The van der Waals surface area contributed by atoms with E-state index in [1.54, 1.807) is 6.20 Å². The molecule has 2 rings (SSSR count). The SMILES string of the molecule is Cc1cnc(CNC(=O)c2ccc(O)c(O)c2)s1. The number of nitrogens with zero attached hydrogens (tertiary/aromatic N) is 1. The molecule has 0 aliphatic carbocycles. The van der Waals surface area contributed by atoms with Gasteiger partial charge in [-0.1, -0.05) is 0 Å². The van der Waals surface area contributed by atoms with Crippen LogP contribution >= 0.6 is 11.3 Å². The third kappa shape index (κ3) is 2.78. The summed E-state index contributed by atoms with van der Waals surface area (Å²) in [5.41, 5.74) is 0.290. The molecule has 1 amide bonds. The van der Waals surface area contributed by atoms with Crippen molar-refractivity contribution in [1.29, 1.82) is 0 Å². The van der Waals surface area contributed by atoms with Crippen molar-refractivity contribution in [2.75, 3.05) is 0 Å². The molecule has 18 heavy (non-hydrogen) atoms. The minimum absolute atomic E-state index is 0.248. The molecule has 0 aliphatic rings. The fourth-order valence-electron chi connectivity index (χ4n) is 1.41. The maximum Gasteiger partial charge on any atom is 0.251 e. The lowest BCUT2D eigenvalue weighted by Crippen LogP contribution is -2.22. The van der Waals surface area contributed by atoms with E-state index in [0.717, 1.165) is 9.88 Å². The van der Waals surface area contributed by atoms with Gasteiger partial charge in [0.25, 0.3) is 5.91 Å². The Morgan fingerprint density at radius 3 is 2.78 bits per heavy atom. The van der Waals surface area contributed by atoms with Gasteiger partial charge in [0, 0.05) is 16.6 Å². The number of hydrogen-bond donors (Lipinski definition) is 3. The molecule has 0 saturated heterocycles. The van der Waals surface area contributed by atoms with E-state index in [1.807, 2.05) is 6.92 Å². The molecule has 94 valence electrons. The van der Waals surface area contributed by atoms with Crippen molar-refractivity contribution in [2.24, 2.45) is 0 Å². The van der Waals surface area contributed by atoms with E-state index in [1.165, 1.54) is 29.5 Å². The minimum Gasteiger partial charge on any atom is -0.504 e. The van der Waals surface area contributed by atoms with Crippen LogP contribution in [0.25, 0.3) is 0 Å². The second kappa shape index (κ2) is 5.05. The average molecular weight is 264 g/mol. The Bertz CT molecular complexity index is 580. The van der Waals surface area contributed by atoms with E-state index in [4.69, 9.17) is 5.11 Å². The predicted molar refractivity (Wildman–Crippen MR) is 67.8 cm³/mol. The number of benzene rings is 1. The van der Waals surface area contributed by atoms with Crippen LogP contribution in [0.15, 0.2) is 24.4 Å². The Hall–Kier alpha value is -2.08. The number of aromatic hydroxyl groups is 2. The number of carbonyl (C=O) groups excluding carboxylic acids is 1. The third-order valence-electron chi connectivity index (χ3n) is 2.31. The van der Waals surface area contributed by atoms with Gasteiger partial charge in [-0.05, 0) is 25.1 Å². The molecule has 0 bridgehead atoms. The van der Waals surface area contributed by atoms with Crippen molar-refractivity contribution < 1.29 is 15.0 Å². The highest BCUT2D eigenvalue weighted by Gasteiger charge is 2.09. The minimum atomic E-state index is -0.321. The van der Waals surface area contributed by atoms with Gasteiger partial charge in [-0.25, -0.2) is 4.98 Å². The summed E-state index contributed by atoms with van der Waals surface area (Å²) in [7, 11) is 0. The van der Waals surface area contributed by atoms with Crippen molar-refractivity contribution in [3.05, 3.63) is 39.8 Å². The molecule has 0 fully saturated rings. The number of phenolic OH excluding ortho intramolecular Hbond substituents is 2. The first kappa shape index (κ1) is 12.4. The summed E-state index contributed by atoms with van der Waals surface area (Å²) >= 11 is 1.52. The van der Waals surface area contributed by atoms with Crippen molar-refractivity contribution in [3.8, 4) is 11.5 Å². The molecular formula is C12H12N2O3S. The Morgan fingerprint density at radius 1 is 1.39 bits per heavy atom. The molecule has 0 atom stereocenters. The van der Waals surface area contributed by atoms with E-state index in [-0.39, 0.29) is 17.4 Å². The maximum absolute atomic E-state index is 11.8. The Balaban J connectivity index is 2.01. The molecule has 0 aliphatic heterocycles. The molecule has 0 spiro atoms. The molecular weight excluding hydrogens is 252 g/mol. The number of thiazole rings is 1. The first-order valence-corrected chi connectivity index (χ1v) is 6.09. The van der Waals surface area contributed by atoms with E-state index in [2.05, 4.69) is 10.3 Å². The normalized spacial score (nSPS) is 10.3. The number of hydrogen-bond acceptors (Lipinski definition) is 5. The van der Waals surface area contributed by atoms with Crippen molar-refractivity contribution in [3.63, 3.8) is 0 Å². The second-order valence-corrected chi connectivity index (χ2v) is 5.07. The molecule has 0 unspecified atom stereocenters. The van der Waals surface area contributed by atoms with Crippen LogP contribution in [-0.4, -0.2) is 21.1 Å². The van der Waals surface area contributed by atoms with Crippen LogP contribution in [0, 0.1) is 6.92 Å². The van der Waals surface area contributed by atoms with E-state index >= 15 is 0 Å². The van der Waals surface area contributed by atoms with Crippen LogP contribution in [0.2, 0.25) is 0 Å². The molecule has 1 aromatic carbocycles. The number of nitrogens with one attached hydrogen (secondary N) is 1. The largest absolute Gasteiger partial charge is 0.504 e. The lowest BCUT2D eigenvalue weighted by atomic mass is 10.2. The monoisotopic (exact) mass is 264 g/mol. The molecule has 3 N–H and O–H groups in total. The van der Waals surface area contributed by atoms with Gasteiger partial charge in [-0.3, -0.25) is 4.79 Å². The Morgan fingerprint density at radius 2 is 2.17 bits per heavy atom. The number of aryl methyl sites for hydroxylation is 1. The highest BCUT2D eigenvalue weighted by molar-refractivity contribution is 7.11. The van der Waals surface area contributed by atoms with Gasteiger partial charge in [-0.15, -0.1) is 11.3 Å². The molecule has 0 radical (unpaired) electrons. The van der Waals surface area contributed by atoms with Gasteiger partial charge in [0.15, 0.2) is 11.5 Å². The lowest BCUT2D eigenvalue weighted by molar-refractivity contribution is 0.0950. The van der Waals surface area contributed by atoms with E-state index in [0.29, 0.717) is 12.1 Å². The van der Waals surface area contributed by atoms with Crippen LogP contribution in [-0.2, 0) is 6.54 Å². The van der Waals surface area contributed by atoms with Crippen LogP contribution in [0.3, 0.4) is 0 Å². The van der Waals surface area contributed by atoms with Crippen LogP contribution in [0.5, 0.6) is 11.5 Å². The quantitative estimate of drug-likeness (QED) is 0.738. The zero-order valence-corrected chi connectivity index (χ0v) is 10.5. The zero-order valence-electron chi connectivity index (χ0n) is 9.67. The standard InChI is InChI=1S/C12H12N2O3S/c1-7-5-13-11(18-7)6-14-12(17)8-2-3-9(15)10(16)4-8/h2-5,15-16H,6H2,1H3,(H,14,17). The first-order valence-electron chi connectivity index (χ1n) is 5.28. The summed E-state index contributed by atoms with van der Waals surface area (Å²) in [6.07, 6.45) is 1.75. The fraction of sp³-hybridized carbons (Fsp3) is 0.167. The van der Waals surface area contributed by atoms with Gasteiger partial charge in [0.2, 0.25) is 0 Å². The summed E-state index contributed by atoms with van der Waals surface area (Å²) in [6.45, 7) is 2.29. The highest BCUT2D eigenvalue weighted by Crippen LogP contribution is 2.24. The summed E-state index contributed by atoms with van der Waals surface area (Å²) in [4.78, 5) is 17.0. The smallest absolute Gasteiger partial charge is 0.251 e. The van der Waals surface area contributed by atoms with Crippen LogP contribution < -0.4 is 5.32 Å². The van der Waals surface area contributed by atoms with Crippen LogP contribution in [0.4, 0.5) is 0 Å². The average Bonchev–Trinajstić information content (AvgIpc) is 2.75. The van der Waals surface area contributed by atoms with Crippen molar-refractivity contribution >= 4 is 17.2 Å². The van der Waals surface area contributed by atoms with Gasteiger partial charge in [0.05, 0.1) is 6.54 Å². The molecule has 0 saturated carbocycles. The van der Waals surface area contributed by atoms with Crippen LogP contribution in [0.1, 0.15) is 20.2 Å². The maximum atomic E-state index is 11.8. The van der Waals surface area contributed by atoms with Gasteiger partial charge in [0.1, 0.15) is 5.01 Å². The van der Waals surface area contributed by atoms with Crippen molar-refractivity contribution in [1.82, 2.24) is 10.3 Å². The fourth-order valence-corrected chi connectivity index (χ4v) is 2.13. The molecule has 5 nitrogen and oxygen atoms in total. The van der Waals surface area contributed by atoms with Gasteiger partial charge < -0.3 is 15.5 Å². The Kier molecular flexibility index (Phi) is 3.47. The van der Waals surface area contributed by atoms with E-state index < -0.39 is 0 Å². The molecule has 2 aromatic rings. The van der Waals surface area contributed by atoms with Gasteiger partial charge >= 0.3 is 0 Å². The predicted octanol–water partition coefficient (Wildman–Crippen LogP) is 1.79. The number of amides is 1. The number of carbonyl (C=O) groups is 1. The third-order valence-corrected chi connectivity index (χ3v) is 3.22. The molecule has 1 aromatic heterocycles. The summed E-state index contributed by atoms with van der Waals surface area (Å²) in [5.74, 6) is -0.881. The zero-order chi connectivity index (χ0) is 13.1. The second-order valence-electron chi connectivity index (χ2n) is 3.75. The molecule has 1 heterocycles. The van der Waals surface area contributed by atoms with Crippen molar-refractivity contribution in [2.45, 2.75) is 13.5 Å². The summed E-state index contributed by atoms with van der Waals surface area (Å²) in [6, 6.07) is 3.94. The first-order chi connectivity index (χ1) is 8.56. The highest BCUT2D eigenvalue weighted by atomic mass is 32.1. The lowest BCUT2D eigenvalue weighted by Gasteiger charge is -2.04. The number of rotatable bonds is 3. The summed E-state index contributed by atoms with van der Waals surface area (Å²) in [5, 5.41) is 22.0. The topological polar surface area (TPSA) is 82.5 Å².